The number of nitrogens with zero attached hydrogens (tertiary/aromatic N) is 6. The summed E-state index contributed by atoms with van der Waals surface area (Å²) in [7, 11) is -3.49. The Balaban J connectivity index is 1.38. The van der Waals surface area contributed by atoms with E-state index in [4.69, 9.17) is 9.40 Å². The third kappa shape index (κ3) is 4.44. The lowest BCUT2D eigenvalue weighted by molar-refractivity contribution is 0.346. The third-order valence-corrected chi connectivity index (χ3v) is 8.76. The van der Waals surface area contributed by atoms with E-state index in [1.54, 1.807) is 40.8 Å². The number of hydrogen-bond donors (Lipinski definition) is 0. The molecule has 0 amide bonds. The molecule has 4 heterocycles. The van der Waals surface area contributed by atoms with Crippen molar-refractivity contribution in [2.75, 3.05) is 13.1 Å². The number of aromatic nitrogens is 5. The number of imidazole rings is 1. The standard InChI is InChI=1S/C22H26N6O3S2/c1-2-28-20-9-8-18(33(29,30)27-10-4-3-5-11-27)13-19(20)24-21(28)15-32-22-25-23-16-26(22)14-17-7-6-12-31-17/h6-9,12-13,16H,2-5,10-11,14-15H2,1H3. The summed E-state index contributed by atoms with van der Waals surface area (Å²) in [6.07, 6.45) is 6.25. The molecule has 11 heteroatoms. The molecule has 1 aliphatic heterocycles. The number of aryl methyl sites for hydroxylation is 1. The average Bonchev–Trinajstić information content (AvgIpc) is 3.58. The molecule has 9 nitrogen and oxygen atoms in total. The highest BCUT2D eigenvalue weighted by atomic mass is 32.2. The number of sulfonamides is 1. The molecule has 174 valence electrons. The fourth-order valence-corrected chi connectivity index (χ4v) is 6.60. The highest BCUT2D eigenvalue weighted by Gasteiger charge is 2.26. The van der Waals surface area contributed by atoms with Crippen LogP contribution in [-0.2, 0) is 28.9 Å². The van der Waals surface area contributed by atoms with E-state index in [9.17, 15) is 8.42 Å². The quantitative estimate of drug-likeness (QED) is 0.350. The fourth-order valence-electron chi connectivity index (χ4n) is 4.20. The first-order chi connectivity index (χ1) is 16.1. The van der Waals surface area contributed by atoms with Gasteiger partial charge < -0.3 is 13.6 Å². The number of hydrogen-bond acceptors (Lipinski definition) is 7. The maximum Gasteiger partial charge on any atom is 0.243 e. The summed E-state index contributed by atoms with van der Waals surface area (Å²) < 4.78 is 37.3. The molecular weight excluding hydrogens is 460 g/mol. The van der Waals surface area contributed by atoms with Crippen molar-refractivity contribution in [3.8, 4) is 0 Å². The van der Waals surface area contributed by atoms with Crippen molar-refractivity contribution in [2.45, 2.75) is 55.1 Å². The van der Waals surface area contributed by atoms with Gasteiger partial charge >= 0.3 is 0 Å². The Labute approximate surface area is 196 Å². The molecule has 5 rings (SSSR count). The van der Waals surface area contributed by atoms with Gasteiger partial charge in [0.25, 0.3) is 0 Å². The van der Waals surface area contributed by atoms with E-state index < -0.39 is 10.0 Å². The smallest absolute Gasteiger partial charge is 0.243 e. The van der Waals surface area contributed by atoms with Gasteiger partial charge in [0.05, 0.1) is 34.5 Å². The van der Waals surface area contributed by atoms with Gasteiger partial charge in [-0.3, -0.25) is 0 Å². The maximum absolute atomic E-state index is 13.1. The summed E-state index contributed by atoms with van der Waals surface area (Å²) in [5, 5.41) is 9.04. The van der Waals surface area contributed by atoms with Crippen LogP contribution in [0.5, 0.6) is 0 Å². The van der Waals surface area contributed by atoms with E-state index in [1.807, 2.05) is 22.8 Å². The van der Waals surface area contributed by atoms with Crippen LogP contribution in [0, 0.1) is 0 Å². The molecule has 1 aromatic carbocycles. The molecule has 0 atom stereocenters. The first-order valence-electron chi connectivity index (χ1n) is 11.1. The van der Waals surface area contributed by atoms with Crippen LogP contribution in [0.2, 0.25) is 0 Å². The number of furan rings is 1. The van der Waals surface area contributed by atoms with Crippen LogP contribution in [-0.4, -0.2) is 50.1 Å². The molecule has 1 saturated heterocycles. The number of thioether (sulfide) groups is 1. The van der Waals surface area contributed by atoms with Gasteiger partial charge in [-0.1, -0.05) is 18.2 Å². The molecule has 0 N–H and O–H groups in total. The van der Waals surface area contributed by atoms with E-state index in [2.05, 4.69) is 21.7 Å². The zero-order valence-corrected chi connectivity index (χ0v) is 20.1. The Morgan fingerprint density at radius 2 is 2.00 bits per heavy atom. The molecule has 1 aliphatic rings. The van der Waals surface area contributed by atoms with Crippen LogP contribution in [0.15, 0.2) is 57.4 Å². The number of benzene rings is 1. The van der Waals surface area contributed by atoms with Crippen LogP contribution in [0.3, 0.4) is 0 Å². The summed E-state index contributed by atoms with van der Waals surface area (Å²) in [4.78, 5) is 5.11. The first-order valence-corrected chi connectivity index (χ1v) is 13.5. The molecule has 3 aromatic heterocycles. The third-order valence-electron chi connectivity index (χ3n) is 5.88. The molecule has 0 aliphatic carbocycles. The first kappa shape index (κ1) is 22.2. The van der Waals surface area contributed by atoms with Gasteiger partial charge in [0.1, 0.15) is 17.9 Å². The predicted molar refractivity (Wildman–Crippen MR) is 125 cm³/mol. The highest BCUT2D eigenvalue weighted by molar-refractivity contribution is 7.98. The maximum atomic E-state index is 13.1. The lowest BCUT2D eigenvalue weighted by Crippen LogP contribution is -2.35. The van der Waals surface area contributed by atoms with Gasteiger partial charge in [-0.15, -0.1) is 10.2 Å². The van der Waals surface area contributed by atoms with Gasteiger partial charge in [-0.25, -0.2) is 13.4 Å². The molecule has 0 bridgehead atoms. The second-order valence-electron chi connectivity index (χ2n) is 8.00. The second-order valence-corrected chi connectivity index (χ2v) is 10.9. The molecule has 33 heavy (non-hydrogen) atoms. The fraction of sp³-hybridized carbons (Fsp3) is 0.409. The molecule has 4 aromatic rings. The molecule has 0 radical (unpaired) electrons. The molecule has 0 saturated carbocycles. The minimum Gasteiger partial charge on any atom is -0.467 e. The Kier molecular flexibility index (Phi) is 6.26. The molecular formula is C22H26N6O3S2. The van der Waals surface area contributed by atoms with Crippen molar-refractivity contribution in [1.82, 2.24) is 28.6 Å². The van der Waals surface area contributed by atoms with Crippen molar-refractivity contribution in [3.05, 3.63) is 54.5 Å². The van der Waals surface area contributed by atoms with Crippen molar-refractivity contribution >= 4 is 32.8 Å². The molecule has 0 unspecified atom stereocenters. The highest BCUT2D eigenvalue weighted by Crippen LogP contribution is 2.28. The van der Waals surface area contributed by atoms with Crippen LogP contribution >= 0.6 is 11.8 Å². The topological polar surface area (TPSA) is 99.0 Å². The van der Waals surface area contributed by atoms with Crippen LogP contribution in [0.1, 0.15) is 37.8 Å². The van der Waals surface area contributed by atoms with Crippen molar-refractivity contribution in [1.29, 1.82) is 0 Å². The van der Waals surface area contributed by atoms with Crippen LogP contribution in [0.4, 0.5) is 0 Å². The number of rotatable bonds is 8. The normalized spacial score (nSPS) is 15.4. The number of piperidine rings is 1. The zero-order valence-electron chi connectivity index (χ0n) is 18.4. The monoisotopic (exact) mass is 486 g/mol. The van der Waals surface area contributed by atoms with Gasteiger partial charge in [-0.2, -0.15) is 4.31 Å². The largest absolute Gasteiger partial charge is 0.467 e. The Hall–Kier alpha value is -2.63. The minimum absolute atomic E-state index is 0.315. The lowest BCUT2D eigenvalue weighted by Gasteiger charge is -2.25. The lowest BCUT2D eigenvalue weighted by atomic mass is 10.2. The summed E-state index contributed by atoms with van der Waals surface area (Å²) in [5.41, 5.74) is 1.63. The zero-order chi connectivity index (χ0) is 22.8. The summed E-state index contributed by atoms with van der Waals surface area (Å²) in [5.74, 6) is 2.30. The SMILES string of the molecule is CCn1c(CSc2nncn2Cc2ccco2)nc2cc(S(=O)(=O)N3CCCCC3)ccc21. The van der Waals surface area contributed by atoms with E-state index in [-0.39, 0.29) is 0 Å². The van der Waals surface area contributed by atoms with Gasteiger partial charge in [-0.05, 0) is 50.1 Å². The van der Waals surface area contributed by atoms with Gasteiger partial charge in [0, 0.05) is 19.6 Å². The Morgan fingerprint density at radius 3 is 2.76 bits per heavy atom. The predicted octanol–water partition coefficient (Wildman–Crippen LogP) is 3.76. The van der Waals surface area contributed by atoms with Gasteiger partial charge in [0.15, 0.2) is 5.16 Å². The average molecular weight is 487 g/mol. The van der Waals surface area contributed by atoms with E-state index in [1.165, 1.54) is 0 Å². The van der Waals surface area contributed by atoms with Gasteiger partial charge in [0.2, 0.25) is 10.0 Å². The minimum atomic E-state index is -3.49. The summed E-state index contributed by atoms with van der Waals surface area (Å²) in [6.45, 7) is 4.54. The van der Waals surface area contributed by atoms with Crippen molar-refractivity contribution < 1.29 is 12.8 Å². The molecule has 0 spiro atoms. The van der Waals surface area contributed by atoms with E-state index >= 15 is 0 Å². The molecule has 1 fully saturated rings. The Bertz CT molecular complexity index is 1340. The second kappa shape index (κ2) is 9.32. The summed E-state index contributed by atoms with van der Waals surface area (Å²) >= 11 is 1.54. The van der Waals surface area contributed by atoms with Crippen LogP contribution < -0.4 is 0 Å². The van der Waals surface area contributed by atoms with Crippen molar-refractivity contribution in [3.63, 3.8) is 0 Å². The summed E-state index contributed by atoms with van der Waals surface area (Å²) in [6, 6.07) is 9.06. The Morgan fingerprint density at radius 1 is 1.15 bits per heavy atom. The van der Waals surface area contributed by atoms with E-state index in [0.29, 0.717) is 35.8 Å². The van der Waals surface area contributed by atoms with E-state index in [0.717, 1.165) is 48.1 Å². The van der Waals surface area contributed by atoms with Crippen molar-refractivity contribution in [2.24, 2.45) is 0 Å². The number of fused-ring (bicyclic) bond motifs is 1. The van der Waals surface area contributed by atoms with Crippen LogP contribution in [0.25, 0.3) is 11.0 Å².